The number of rotatable bonds is 8. The SMILES string of the molecule is O=Cc1cc(CN2CCCC2)ccc1Nc1cc(C(F)(F)F)ccc1Nc1ccccc1C(=O)O. The molecule has 0 amide bonds. The third-order valence-electron chi connectivity index (χ3n) is 5.89. The fourth-order valence-electron chi connectivity index (χ4n) is 4.12. The summed E-state index contributed by atoms with van der Waals surface area (Å²) in [5.41, 5.74) is 1.19. The molecule has 1 aliphatic rings. The van der Waals surface area contributed by atoms with Crippen molar-refractivity contribution >= 4 is 35.0 Å². The number of hydrogen-bond acceptors (Lipinski definition) is 5. The van der Waals surface area contributed by atoms with E-state index in [0.29, 0.717) is 24.1 Å². The van der Waals surface area contributed by atoms with Crippen molar-refractivity contribution in [3.63, 3.8) is 0 Å². The van der Waals surface area contributed by atoms with E-state index < -0.39 is 17.7 Å². The highest BCUT2D eigenvalue weighted by atomic mass is 19.4. The highest BCUT2D eigenvalue weighted by Gasteiger charge is 2.31. The average molecular weight is 483 g/mol. The number of halogens is 3. The van der Waals surface area contributed by atoms with Gasteiger partial charge in [0.05, 0.1) is 28.2 Å². The van der Waals surface area contributed by atoms with Crippen molar-refractivity contribution < 1.29 is 27.9 Å². The number of aromatic carboxylic acids is 1. The van der Waals surface area contributed by atoms with Crippen LogP contribution in [0, 0.1) is 0 Å². The molecule has 0 radical (unpaired) electrons. The molecule has 3 aromatic carbocycles. The molecule has 1 fully saturated rings. The maximum absolute atomic E-state index is 13.4. The minimum Gasteiger partial charge on any atom is -0.478 e. The number of likely N-dealkylation sites (tertiary alicyclic amines) is 1. The van der Waals surface area contributed by atoms with Crippen LogP contribution in [-0.4, -0.2) is 35.4 Å². The van der Waals surface area contributed by atoms with E-state index in [1.807, 2.05) is 6.07 Å². The number of alkyl halides is 3. The molecule has 35 heavy (non-hydrogen) atoms. The number of nitrogens with zero attached hydrogens (tertiary/aromatic N) is 1. The van der Waals surface area contributed by atoms with Crippen LogP contribution in [0.1, 0.15) is 44.7 Å². The Labute approximate surface area is 200 Å². The molecule has 0 unspecified atom stereocenters. The molecule has 0 aliphatic carbocycles. The van der Waals surface area contributed by atoms with Crippen molar-refractivity contribution in [3.8, 4) is 0 Å². The fourth-order valence-corrected chi connectivity index (χ4v) is 4.12. The quantitative estimate of drug-likeness (QED) is 0.326. The molecule has 1 saturated heterocycles. The average Bonchev–Trinajstić information content (AvgIpc) is 3.33. The molecular weight excluding hydrogens is 459 g/mol. The molecular formula is C26H24F3N3O3. The van der Waals surface area contributed by atoms with Crippen molar-refractivity contribution in [3.05, 3.63) is 82.9 Å². The number of para-hydroxylation sites is 1. The van der Waals surface area contributed by atoms with Gasteiger partial charge >= 0.3 is 12.1 Å². The van der Waals surface area contributed by atoms with Crippen LogP contribution in [0.5, 0.6) is 0 Å². The van der Waals surface area contributed by atoms with Crippen LogP contribution in [0.3, 0.4) is 0 Å². The normalized spacial score (nSPS) is 14.0. The Morgan fingerprint density at radius 3 is 2.29 bits per heavy atom. The van der Waals surface area contributed by atoms with Gasteiger partial charge in [-0.1, -0.05) is 18.2 Å². The number of carbonyl (C=O) groups is 2. The third kappa shape index (κ3) is 5.81. The predicted molar refractivity (Wildman–Crippen MR) is 128 cm³/mol. The van der Waals surface area contributed by atoms with Gasteiger partial charge in [-0.2, -0.15) is 13.2 Å². The first-order valence-corrected chi connectivity index (χ1v) is 11.1. The van der Waals surface area contributed by atoms with Gasteiger partial charge in [0, 0.05) is 17.8 Å². The van der Waals surface area contributed by atoms with Gasteiger partial charge in [-0.05, 0) is 74.0 Å². The predicted octanol–water partition coefficient (Wildman–Crippen LogP) is 6.30. The number of carbonyl (C=O) groups excluding carboxylic acids is 1. The summed E-state index contributed by atoms with van der Waals surface area (Å²) in [5.74, 6) is -1.17. The third-order valence-corrected chi connectivity index (χ3v) is 5.89. The van der Waals surface area contributed by atoms with Crippen LogP contribution in [-0.2, 0) is 12.7 Å². The zero-order chi connectivity index (χ0) is 25.0. The van der Waals surface area contributed by atoms with E-state index in [9.17, 15) is 27.9 Å². The zero-order valence-corrected chi connectivity index (χ0v) is 18.7. The van der Waals surface area contributed by atoms with Crippen molar-refractivity contribution in [2.45, 2.75) is 25.6 Å². The van der Waals surface area contributed by atoms with E-state index in [4.69, 9.17) is 0 Å². The van der Waals surface area contributed by atoms with Gasteiger partial charge in [-0.3, -0.25) is 9.69 Å². The summed E-state index contributed by atoms with van der Waals surface area (Å²) < 4.78 is 40.3. The Kier molecular flexibility index (Phi) is 7.07. The van der Waals surface area contributed by atoms with Gasteiger partial charge in [0.25, 0.3) is 0 Å². The number of benzene rings is 3. The topological polar surface area (TPSA) is 81.7 Å². The summed E-state index contributed by atoms with van der Waals surface area (Å²) in [5, 5.41) is 15.3. The van der Waals surface area contributed by atoms with Gasteiger partial charge in [0.15, 0.2) is 6.29 Å². The van der Waals surface area contributed by atoms with E-state index in [-0.39, 0.29) is 22.6 Å². The number of carboxylic acid groups (broad SMARTS) is 1. The summed E-state index contributed by atoms with van der Waals surface area (Å²) in [6.07, 6.45) is -1.65. The Bertz CT molecular complexity index is 1240. The van der Waals surface area contributed by atoms with Crippen molar-refractivity contribution in [1.82, 2.24) is 4.90 Å². The van der Waals surface area contributed by atoms with E-state index in [2.05, 4.69) is 15.5 Å². The van der Waals surface area contributed by atoms with Crippen LogP contribution in [0.15, 0.2) is 60.7 Å². The first-order valence-electron chi connectivity index (χ1n) is 11.1. The van der Waals surface area contributed by atoms with Crippen LogP contribution >= 0.6 is 0 Å². The molecule has 0 aromatic heterocycles. The number of aldehydes is 1. The Morgan fingerprint density at radius 1 is 0.914 bits per heavy atom. The molecule has 0 saturated carbocycles. The maximum atomic E-state index is 13.4. The van der Waals surface area contributed by atoms with Gasteiger partial charge < -0.3 is 15.7 Å². The minimum atomic E-state index is -4.58. The Balaban J connectivity index is 1.68. The van der Waals surface area contributed by atoms with Crippen molar-refractivity contribution in [2.24, 2.45) is 0 Å². The van der Waals surface area contributed by atoms with Crippen molar-refractivity contribution in [2.75, 3.05) is 23.7 Å². The fraction of sp³-hybridized carbons (Fsp3) is 0.231. The largest absolute Gasteiger partial charge is 0.478 e. The molecule has 9 heteroatoms. The molecule has 3 aromatic rings. The second-order valence-electron chi connectivity index (χ2n) is 8.38. The molecule has 1 heterocycles. The summed E-state index contributed by atoms with van der Waals surface area (Å²) in [6.45, 7) is 2.68. The lowest BCUT2D eigenvalue weighted by atomic mass is 10.1. The lowest BCUT2D eigenvalue weighted by Gasteiger charge is -2.19. The lowest BCUT2D eigenvalue weighted by Crippen LogP contribution is -2.18. The molecule has 6 nitrogen and oxygen atoms in total. The van der Waals surface area contributed by atoms with Crippen LogP contribution < -0.4 is 10.6 Å². The van der Waals surface area contributed by atoms with Gasteiger partial charge in [-0.15, -0.1) is 0 Å². The summed E-state index contributed by atoms with van der Waals surface area (Å²) in [7, 11) is 0. The van der Waals surface area contributed by atoms with E-state index in [0.717, 1.165) is 43.6 Å². The molecule has 1 aliphatic heterocycles. The van der Waals surface area contributed by atoms with E-state index in [1.54, 1.807) is 24.3 Å². The summed E-state index contributed by atoms with van der Waals surface area (Å²) in [4.78, 5) is 25.7. The lowest BCUT2D eigenvalue weighted by molar-refractivity contribution is -0.137. The van der Waals surface area contributed by atoms with E-state index in [1.165, 1.54) is 18.2 Å². The van der Waals surface area contributed by atoms with Gasteiger partial charge in [0.2, 0.25) is 0 Å². The number of carboxylic acids is 1. The summed E-state index contributed by atoms with van der Waals surface area (Å²) >= 11 is 0. The summed E-state index contributed by atoms with van der Waals surface area (Å²) in [6, 6.07) is 14.4. The molecule has 182 valence electrons. The first kappa shape index (κ1) is 24.3. The number of nitrogens with one attached hydrogen (secondary N) is 2. The van der Waals surface area contributed by atoms with Gasteiger partial charge in [0.1, 0.15) is 0 Å². The maximum Gasteiger partial charge on any atom is 0.416 e. The van der Waals surface area contributed by atoms with Crippen LogP contribution in [0.2, 0.25) is 0 Å². The van der Waals surface area contributed by atoms with Gasteiger partial charge in [-0.25, -0.2) is 4.79 Å². The van der Waals surface area contributed by atoms with E-state index >= 15 is 0 Å². The monoisotopic (exact) mass is 483 g/mol. The smallest absolute Gasteiger partial charge is 0.416 e. The standard InChI is InChI=1S/C26H24F3N3O3/c27-26(28,29)19-8-10-23(31-22-6-2-1-5-20(22)25(34)35)24(14-19)30-21-9-7-17(13-18(21)16-33)15-32-11-3-4-12-32/h1-2,5-10,13-14,16,30-31H,3-4,11-12,15H2,(H,34,35). The molecule has 3 N–H and O–H groups in total. The van der Waals surface area contributed by atoms with Crippen LogP contribution in [0.25, 0.3) is 0 Å². The Morgan fingerprint density at radius 2 is 1.60 bits per heavy atom. The molecule has 0 bridgehead atoms. The highest BCUT2D eigenvalue weighted by molar-refractivity contribution is 5.96. The van der Waals surface area contributed by atoms with Crippen LogP contribution in [0.4, 0.5) is 35.9 Å². The first-order chi connectivity index (χ1) is 16.7. The molecule has 4 rings (SSSR count). The second kappa shape index (κ2) is 10.2. The second-order valence-corrected chi connectivity index (χ2v) is 8.38. The number of hydrogen-bond donors (Lipinski definition) is 3. The highest BCUT2D eigenvalue weighted by Crippen LogP contribution is 2.37. The minimum absolute atomic E-state index is 0.0294. The molecule has 0 spiro atoms. The zero-order valence-electron chi connectivity index (χ0n) is 18.7. The number of anilines is 4. The Hall–Kier alpha value is -3.85. The van der Waals surface area contributed by atoms with Crippen molar-refractivity contribution in [1.29, 1.82) is 0 Å². The molecule has 0 atom stereocenters.